The smallest absolute Gasteiger partial charge is 0.254 e. The Bertz CT molecular complexity index is 436. The lowest BCUT2D eigenvalue weighted by Gasteiger charge is -2.31. The van der Waals surface area contributed by atoms with Crippen LogP contribution in [0.15, 0.2) is 30.3 Å². The van der Waals surface area contributed by atoms with Crippen LogP contribution in [0.2, 0.25) is 0 Å². The molecule has 0 radical (unpaired) electrons. The van der Waals surface area contributed by atoms with Crippen molar-refractivity contribution in [3.63, 3.8) is 0 Å². The van der Waals surface area contributed by atoms with Crippen LogP contribution in [-0.4, -0.2) is 25.6 Å². The summed E-state index contributed by atoms with van der Waals surface area (Å²) in [7, 11) is 1.56. The van der Waals surface area contributed by atoms with Gasteiger partial charge in [0.25, 0.3) is 5.91 Å². The highest BCUT2D eigenvalue weighted by Gasteiger charge is 2.27. The SMILES string of the molecule is COC(C(=O)NC(CN)C1CCCCC1)c1ccccc1.Cl. The molecule has 0 heterocycles. The van der Waals surface area contributed by atoms with Gasteiger partial charge >= 0.3 is 0 Å². The molecule has 1 aromatic carbocycles. The fourth-order valence-electron chi connectivity index (χ4n) is 3.19. The lowest BCUT2D eigenvalue weighted by molar-refractivity contribution is -0.132. The third-order valence-corrected chi connectivity index (χ3v) is 4.38. The molecule has 124 valence electrons. The molecule has 0 aliphatic heterocycles. The summed E-state index contributed by atoms with van der Waals surface area (Å²) in [6.07, 6.45) is 5.53. The molecule has 0 spiro atoms. The average molecular weight is 327 g/mol. The number of rotatable bonds is 6. The minimum atomic E-state index is -0.566. The van der Waals surface area contributed by atoms with Crippen LogP contribution < -0.4 is 11.1 Å². The number of hydrogen-bond acceptors (Lipinski definition) is 3. The summed E-state index contributed by atoms with van der Waals surface area (Å²) >= 11 is 0. The van der Waals surface area contributed by atoms with Crippen molar-refractivity contribution in [2.75, 3.05) is 13.7 Å². The van der Waals surface area contributed by atoms with Crippen LogP contribution in [0.4, 0.5) is 0 Å². The molecule has 1 saturated carbocycles. The second-order valence-electron chi connectivity index (χ2n) is 5.78. The molecule has 1 aromatic rings. The number of amides is 1. The molecule has 1 aliphatic rings. The van der Waals surface area contributed by atoms with Crippen LogP contribution in [0.25, 0.3) is 0 Å². The zero-order valence-electron chi connectivity index (χ0n) is 13.2. The first-order chi connectivity index (χ1) is 10.3. The normalized spacial score (nSPS) is 18.1. The average Bonchev–Trinajstić information content (AvgIpc) is 2.55. The second-order valence-corrected chi connectivity index (χ2v) is 5.78. The lowest BCUT2D eigenvalue weighted by atomic mass is 9.84. The van der Waals surface area contributed by atoms with Gasteiger partial charge in [0.05, 0.1) is 0 Å². The summed E-state index contributed by atoms with van der Waals surface area (Å²) in [5.74, 6) is 0.408. The zero-order chi connectivity index (χ0) is 15.1. The highest BCUT2D eigenvalue weighted by Crippen LogP contribution is 2.27. The number of nitrogens with two attached hydrogens (primary N) is 1. The van der Waals surface area contributed by atoms with Gasteiger partial charge in [-0.1, -0.05) is 49.6 Å². The van der Waals surface area contributed by atoms with E-state index >= 15 is 0 Å². The topological polar surface area (TPSA) is 64.3 Å². The van der Waals surface area contributed by atoms with Crippen molar-refractivity contribution < 1.29 is 9.53 Å². The summed E-state index contributed by atoms with van der Waals surface area (Å²) in [6.45, 7) is 0.488. The first kappa shape index (κ1) is 18.9. The Morgan fingerprint density at radius 3 is 2.45 bits per heavy atom. The first-order valence-corrected chi connectivity index (χ1v) is 7.84. The molecule has 0 saturated heterocycles. The molecule has 1 aliphatic carbocycles. The Morgan fingerprint density at radius 1 is 1.27 bits per heavy atom. The van der Waals surface area contributed by atoms with Gasteiger partial charge in [-0.3, -0.25) is 4.79 Å². The van der Waals surface area contributed by atoms with Crippen LogP contribution >= 0.6 is 12.4 Å². The van der Waals surface area contributed by atoms with Gasteiger partial charge in [0, 0.05) is 19.7 Å². The maximum atomic E-state index is 12.5. The van der Waals surface area contributed by atoms with Crippen LogP contribution in [0.1, 0.15) is 43.8 Å². The van der Waals surface area contributed by atoms with Gasteiger partial charge in [0.2, 0.25) is 0 Å². The van der Waals surface area contributed by atoms with Gasteiger partial charge in [-0.05, 0) is 24.3 Å². The number of methoxy groups -OCH3 is 1. The van der Waals surface area contributed by atoms with Gasteiger partial charge in [-0.25, -0.2) is 0 Å². The highest BCUT2D eigenvalue weighted by atomic mass is 35.5. The molecule has 1 fully saturated rings. The summed E-state index contributed by atoms with van der Waals surface area (Å²) < 4.78 is 5.38. The Morgan fingerprint density at radius 2 is 1.91 bits per heavy atom. The van der Waals surface area contributed by atoms with E-state index in [2.05, 4.69) is 5.32 Å². The molecule has 0 aromatic heterocycles. The second kappa shape index (κ2) is 9.82. The van der Waals surface area contributed by atoms with E-state index in [0.717, 1.165) is 18.4 Å². The van der Waals surface area contributed by atoms with E-state index in [1.54, 1.807) is 7.11 Å². The number of carbonyl (C=O) groups is 1. The van der Waals surface area contributed by atoms with Crippen molar-refractivity contribution in [2.24, 2.45) is 11.7 Å². The molecule has 2 rings (SSSR count). The predicted molar refractivity (Wildman–Crippen MR) is 91.0 cm³/mol. The summed E-state index contributed by atoms with van der Waals surface area (Å²) in [5, 5.41) is 3.10. The summed E-state index contributed by atoms with van der Waals surface area (Å²) in [5.41, 5.74) is 6.75. The third-order valence-electron chi connectivity index (χ3n) is 4.38. The maximum Gasteiger partial charge on any atom is 0.254 e. The van der Waals surface area contributed by atoms with Crippen molar-refractivity contribution in [2.45, 2.75) is 44.2 Å². The van der Waals surface area contributed by atoms with Crippen LogP contribution in [-0.2, 0) is 9.53 Å². The molecule has 3 N–H and O–H groups in total. The Balaban J connectivity index is 0.00000242. The van der Waals surface area contributed by atoms with Crippen LogP contribution in [0.3, 0.4) is 0 Å². The van der Waals surface area contributed by atoms with E-state index in [-0.39, 0.29) is 24.4 Å². The van der Waals surface area contributed by atoms with E-state index in [1.165, 1.54) is 19.3 Å². The number of nitrogens with one attached hydrogen (secondary N) is 1. The van der Waals surface area contributed by atoms with Crippen molar-refractivity contribution in [3.05, 3.63) is 35.9 Å². The fraction of sp³-hybridized carbons (Fsp3) is 0.588. The molecule has 2 unspecified atom stereocenters. The molecular weight excluding hydrogens is 300 g/mol. The first-order valence-electron chi connectivity index (χ1n) is 7.84. The number of benzene rings is 1. The van der Waals surface area contributed by atoms with Gasteiger partial charge in [-0.15, -0.1) is 12.4 Å². The molecule has 2 atom stereocenters. The van der Waals surface area contributed by atoms with E-state index in [0.29, 0.717) is 12.5 Å². The zero-order valence-corrected chi connectivity index (χ0v) is 14.0. The Hall–Kier alpha value is -1.10. The van der Waals surface area contributed by atoms with Crippen molar-refractivity contribution in [3.8, 4) is 0 Å². The predicted octanol–water partition coefficient (Wildman–Crippen LogP) is 2.82. The van der Waals surface area contributed by atoms with E-state index < -0.39 is 6.10 Å². The number of halogens is 1. The minimum Gasteiger partial charge on any atom is -0.367 e. The highest BCUT2D eigenvalue weighted by molar-refractivity contribution is 5.85. The molecule has 22 heavy (non-hydrogen) atoms. The maximum absolute atomic E-state index is 12.5. The molecule has 5 heteroatoms. The van der Waals surface area contributed by atoms with Crippen molar-refractivity contribution >= 4 is 18.3 Å². The van der Waals surface area contributed by atoms with Gasteiger partial charge in [0.1, 0.15) is 0 Å². The lowest BCUT2D eigenvalue weighted by Crippen LogP contribution is -2.47. The molecular formula is C17H27ClN2O2. The number of carbonyl (C=O) groups excluding carboxylic acids is 1. The monoisotopic (exact) mass is 326 g/mol. The Kier molecular flexibility index (Phi) is 8.46. The minimum absolute atomic E-state index is 0. The number of hydrogen-bond donors (Lipinski definition) is 2. The van der Waals surface area contributed by atoms with Crippen molar-refractivity contribution in [1.29, 1.82) is 0 Å². The van der Waals surface area contributed by atoms with E-state index in [4.69, 9.17) is 10.5 Å². The van der Waals surface area contributed by atoms with Gasteiger partial charge in [-0.2, -0.15) is 0 Å². The molecule has 0 bridgehead atoms. The van der Waals surface area contributed by atoms with Gasteiger partial charge in [0.15, 0.2) is 6.10 Å². The summed E-state index contributed by atoms with van der Waals surface area (Å²) in [6, 6.07) is 9.63. The molecule has 1 amide bonds. The fourth-order valence-corrected chi connectivity index (χ4v) is 3.19. The van der Waals surface area contributed by atoms with Crippen LogP contribution in [0, 0.1) is 5.92 Å². The van der Waals surface area contributed by atoms with Crippen LogP contribution in [0.5, 0.6) is 0 Å². The van der Waals surface area contributed by atoms with E-state index in [1.807, 2.05) is 30.3 Å². The number of ether oxygens (including phenoxy) is 1. The standard InChI is InChI=1S/C17H26N2O2.ClH/c1-21-16(14-10-6-3-7-11-14)17(20)19-15(12-18)13-8-4-2-5-9-13;/h3,6-7,10-11,13,15-16H,2,4-5,8-9,12,18H2,1H3,(H,19,20);1H. The largest absolute Gasteiger partial charge is 0.367 e. The Labute approximate surface area is 139 Å². The van der Waals surface area contributed by atoms with Crippen molar-refractivity contribution in [1.82, 2.24) is 5.32 Å². The van der Waals surface area contributed by atoms with Gasteiger partial charge < -0.3 is 15.8 Å². The quantitative estimate of drug-likeness (QED) is 0.845. The molecule has 4 nitrogen and oxygen atoms in total. The summed E-state index contributed by atoms with van der Waals surface area (Å²) in [4.78, 5) is 12.5. The third kappa shape index (κ3) is 4.97. The van der Waals surface area contributed by atoms with E-state index in [9.17, 15) is 4.79 Å².